The van der Waals surface area contributed by atoms with Crippen molar-refractivity contribution in [1.29, 1.82) is 0 Å². The first-order valence-corrected chi connectivity index (χ1v) is 7.58. The molecule has 0 bridgehead atoms. The predicted octanol–water partition coefficient (Wildman–Crippen LogP) is 3.29. The smallest absolute Gasteiger partial charge is 0.308 e. The monoisotopic (exact) mass is 306 g/mol. The van der Waals surface area contributed by atoms with Crippen LogP contribution in [0.1, 0.15) is 31.2 Å². The maximum absolute atomic E-state index is 11.5. The standard InChI is InChI=1S/C16H22N2O4/c1-11-3-8-15(18(20)21)14(9-11)17-10-12-4-6-13(7-5-12)16(19)22-2/h3,8-9,12-13,17H,4-7,10H2,1-2H3. The molecule has 1 fully saturated rings. The maximum Gasteiger partial charge on any atom is 0.308 e. The lowest BCUT2D eigenvalue weighted by molar-refractivity contribution is -0.384. The summed E-state index contributed by atoms with van der Waals surface area (Å²) >= 11 is 0. The van der Waals surface area contributed by atoms with Gasteiger partial charge >= 0.3 is 5.97 Å². The van der Waals surface area contributed by atoms with E-state index in [2.05, 4.69) is 5.32 Å². The number of nitro groups is 1. The van der Waals surface area contributed by atoms with Gasteiger partial charge in [0, 0.05) is 12.6 Å². The van der Waals surface area contributed by atoms with Crippen molar-refractivity contribution in [3.63, 3.8) is 0 Å². The zero-order valence-corrected chi connectivity index (χ0v) is 13.0. The number of aryl methyl sites for hydroxylation is 1. The van der Waals surface area contributed by atoms with E-state index >= 15 is 0 Å². The van der Waals surface area contributed by atoms with Crippen molar-refractivity contribution in [3.05, 3.63) is 33.9 Å². The van der Waals surface area contributed by atoms with Gasteiger partial charge in [-0.3, -0.25) is 14.9 Å². The molecule has 0 aromatic heterocycles. The normalized spacial score (nSPS) is 21.2. The van der Waals surface area contributed by atoms with Crippen LogP contribution in [0.4, 0.5) is 11.4 Å². The largest absolute Gasteiger partial charge is 0.469 e. The van der Waals surface area contributed by atoms with E-state index in [4.69, 9.17) is 4.74 Å². The van der Waals surface area contributed by atoms with Gasteiger partial charge in [-0.15, -0.1) is 0 Å². The van der Waals surface area contributed by atoms with Gasteiger partial charge in [-0.05, 0) is 50.2 Å². The molecule has 6 heteroatoms. The molecular weight excluding hydrogens is 284 g/mol. The third-order valence-electron chi connectivity index (χ3n) is 4.31. The fourth-order valence-electron chi connectivity index (χ4n) is 2.97. The number of carbonyl (C=O) groups excluding carboxylic acids is 1. The Kier molecular flexibility index (Phi) is 5.35. The first kappa shape index (κ1) is 16.3. The summed E-state index contributed by atoms with van der Waals surface area (Å²) in [5, 5.41) is 14.3. The molecule has 22 heavy (non-hydrogen) atoms. The summed E-state index contributed by atoms with van der Waals surface area (Å²) in [6, 6.07) is 5.08. The highest BCUT2D eigenvalue weighted by molar-refractivity contribution is 5.72. The third kappa shape index (κ3) is 3.96. The van der Waals surface area contributed by atoms with Crippen LogP contribution in [0.5, 0.6) is 0 Å². The highest BCUT2D eigenvalue weighted by atomic mass is 16.6. The SMILES string of the molecule is COC(=O)C1CCC(CNc2cc(C)ccc2[N+](=O)[O-])CC1. The summed E-state index contributed by atoms with van der Waals surface area (Å²) in [6.07, 6.45) is 3.53. The van der Waals surface area contributed by atoms with Gasteiger partial charge in [-0.1, -0.05) is 6.07 Å². The Hall–Kier alpha value is -2.11. The van der Waals surface area contributed by atoms with E-state index in [0.717, 1.165) is 31.2 Å². The van der Waals surface area contributed by atoms with E-state index in [0.29, 0.717) is 18.2 Å². The Balaban J connectivity index is 1.91. The number of methoxy groups -OCH3 is 1. The molecule has 0 heterocycles. The van der Waals surface area contributed by atoms with Crippen LogP contribution in [-0.4, -0.2) is 24.5 Å². The van der Waals surface area contributed by atoms with Crippen LogP contribution in [0.25, 0.3) is 0 Å². The molecule has 0 unspecified atom stereocenters. The Labute approximate surface area is 130 Å². The van der Waals surface area contributed by atoms with Crippen molar-refractivity contribution in [3.8, 4) is 0 Å². The second-order valence-corrected chi connectivity index (χ2v) is 5.90. The number of hydrogen-bond donors (Lipinski definition) is 1. The van der Waals surface area contributed by atoms with E-state index in [9.17, 15) is 14.9 Å². The fourth-order valence-corrected chi connectivity index (χ4v) is 2.97. The molecule has 2 rings (SSSR count). The molecule has 120 valence electrons. The lowest BCUT2D eigenvalue weighted by Gasteiger charge is -2.27. The average molecular weight is 306 g/mol. The molecule has 1 aromatic rings. The summed E-state index contributed by atoms with van der Waals surface area (Å²) in [7, 11) is 1.42. The molecule has 1 saturated carbocycles. The van der Waals surface area contributed by atoms with Crippen LogP contribution < -0.4 is 5.32 Å². The minimum Gasteiger partial charge on any atom is -0.469 e. The van der Waals surface area contributed by atoms with Gasteiger partial charge in [0.05, 0.1) is 18.0 Å². The van der Waals surface area contributed by atoms with Gasteiger partial charge in [0.1, 0.15) is 5.69 Å². The molecule has 1 aromatic carbocycles. The number of nitrogens with one attached hydrogen (secondary N) is 1. The summed E-state index contributed by atoms with van der Waals surface area (Å²) in [4.78, 5) is 22.2. The molecule has 1 aliphatic carbocycles. The van der Waals surface area contributed by atoms with E-state index in [1.807, 2.05) is 6.92 Å². The van der Waals surface area contributed by atoms with Gasteiger partial charge in [0.2, 0.25) is 0 Å². The number of esters is 1. The van der Waals surface area contributed by atoms with Gasteiger partial charge in [-0.25, -0.2) is 0 Å². The molecule has 1 N–H and O–H groups in total. The Morgan fingerprint density at radius 2 is 2.05 bits per heavy atom. The summed E-state index contributed by atoms with van der Waals surface area (Å²) in [6.45, 7) is 2.61. The number of rotatable bonds is 5. The average Bonchev–Trinajstić information content (AvgIpc) is 2.52. The van der Waals surface area contributed by atoms with Crippen LogP contribution in [-0.2, 0) is 9.53 Å². The Bertz CT molecular complexity index is 551. The Morgan fingerprint density at radius 1 is 1.36 bits per heavy atom. The van der Waals surface area contributed by atoms with Gasteiger partial charge in [0.25, 0.3) is 5.69 Å². The first-order chi connectivity index (χ1) is 10.5. The summed E-state index contributed by atoms with van der Waals surface area (Å²) in [5.41, 5.74) is 1.66. The van der Waals surface area contributed by atoms with Crippen LogP contribution >= 0.6 is 0 Å². The number of hydrogen-bond acceptors (Lipinski definition) is 5. The quantitative estimate of drug-likeness (QED) is 0.513. The lowest BCUT2D eigenvalue weighted by atomic mass is 9.82. The molecule has 0 atom stereocenters. The number of carbonyl (C=O) groups is 1. The molecule has 0 spiro atoms. The number of anilines is 1. The van der Waals surface area contributed by atoms with Crippen LogP contribution in [0.2, 0.25) is 0 Å². The van der Waals surface area contributed by atoms with Gasteiger partial charge in [0.15, 0.2) is 0 Å². The van der Waals surface area contributed by atoms with Crippen molar-refractivity contribution >= 4 is 17.3 Å². The summed E-state index contributed by atoms with van der Waals surface area (Å²) < 4.78 is 4.78. The van der Waals surface area contributed by atoms with Crippen LogP contribution in [0, 0.1) is 28.9 Å². The molecule has 0 amide bonds. The van der Waals surface area contributed by atoms with E-state index in [-0.39, 0.29) is 22.5 Å². The van der Waals surface area contributed by atoms with Crippen LogP contribution in [0.15, 0.2) is 18.2 Å². The molecule has 0 radical (unpaired) electrons. The lowest BCUT2D eigenvalue weighted by Crippen LogP contribution is -2.26. The summed E-state index contributed by atoms with van der Waals surface area (Å²) in [5.74, 6) is 0.316. The maximum atomic E-state index is 11.5. The van der Waals surface area contributed by atoms with E-state index in [1.54, 1.807) is 12.1 Å². The molecule has 0 saturated heterocycles. The van der Waals surface area contributed by atoms with Gasteiger partial charge < -0.3 is 10.1 Å². The van der Waals surface area contributed by atoms with E-state index < -0.39 is 0 Å². The minimum absolute atomic E-state index is 0.00885. The van der Waals surface area contributed by atoms with Gasteiger partial charge in [-0.2, -0.15) is 0 Å². The minimum atomic E-state index is -0.365. The van der Waals surface area contributed by atoms with Crippen molar-refractivity contribution in [2.45, 2.75) is 32.6 Å². The molecular formula is C16H22N2O4. The fraction of sp³-hybridized carbons (Fsp3) is 0.562. The van der Waals surface area contributed by atoms with Crippen molar-refractivity contribution in [2.75, 3.05) is 19.0 Å². The van der Waals surface area contributed by atoms with Crippen molar-refractivity contribution in [2.24, 2.45) is 11.8 Å². The second-order valence-electron chi connectivity index (χ2n) is 5.90. The van der Waals surface area contributed by atoms with Crippen LogP contribution in [0.3, 0.4) is 0 Å². The Morgan fingerprint density at radius 3 is 2.64 bits per heavy atom. The number of nitro benzene ring substituents is 1. The van der Waals surface area contributed by atoms with E-state index in [1.165, 1.54) is 13.2 Å². The second kappa shape index (κ2) is 7.24. The van der Waals surface area contributed by atoms with Crippen molar-refractivity contribution < 1.29 is 14.5 Å². The predicted molar refractivity (Wildman–Crippen MR) is 83.8 cm³/mol. The zero-order valence-electron chi connectivity index (χ0n) is 13.0. The molecule has 1 aliphatic rings. The highest BCUT2D eigenvalue weighted by Crippen LogP contribution is 2.31. The molecule has 6 nitrogen and oxygen atoms in total. The topological polar surface area (TPSA) is 81.5 Å². The zero-order chi connectivity index (χ0) is 16.1. The number of benzene rings is 1. The highest BCUT2D eigenvalue weighted by Gasteiger charge is 2.27. The third-order valence-corrected chi connectivity index (χ3v) is 4.31. The van der Waals surface area contributed by atoms with Crippen molar-refractivity contribution in [1.82, 2.24) is 0 Å². The molecule has 0 aliphatic heterocycles. The number of nitrogens with zero attached hydrogens (tertiary/aromatic N) is 1. The number of ether oxygens (including phenoxy) is 1. The first-order valence-electron chi connectivity index (χ1n) is 7.58.